The molecule has 2 aliphatic rings. The van der Waals surface area contributed by atoms with E-state index in [9.17, 15) is 13.2 Å². The molecule has 28 heavy (non-hydrogen) atoms. The summed E-state index contributed by atoms with van der Waals surface area (Å²) in [7, 11) is -3.79. The number of carbonyl (C=O) groups excluding carboxylic acids is 1. The van der Waals surface area contributed by atoms with Gasteiger partial charge in [0.2, 0.25) is 5.95 Å². The predicted octanol–water partition coefficient (Wildman–Crippen LogP) is 0.447. The monoisotopic (exact) mass is 397 g/mol. The zero-order valence-corrected chi connectivity index (χ0v) is 16.0. The van der Waals surface area contributed by atoms with E-state index in [2.05, 4.69) is 31.6 Å². The van der Waals surface area contributed by atoms with Crippen molar-refractivity contribution >= 4 is 21.9 Å². The van der Waals surface area contributed by atoms with Crippen LogP contribution in [0.25, 0.3) is 0 Å². The molecule has 1 aromatic heterocycles. The number of fused-ring (bicyclic) bond motifs is 1. The summed E-state index contributed by atoms with van der Waals surface area (Å²) >= 11 is 0. The highest BCUT2D eigenvalue weighted by atomic mass is 32.2. The first-order chi connectivity index (χ1) is 13.6. The molecule has 0 aliphatic carbocycles. The van der Waals surface area contributed by atoms with Crippen LogP contribution in [0, 0.1) is 11.8 Å². The minimum Gasteiger partial charge on any atom is -0.338 e. The van der Waals surface area contributed by atoms with Gasteiger partial charge in [0.25, 0.3) is 15.9 Å². The van der Waals surface area contributed by atoms with Crippen LogP contribution in [0.1, 0.15) is 10.4 Å². The fourth-order valence-corrected chi connectivity index (χ4v) is 4.72. The van der Waals surface area contributed by atoms with Crippen LogP contribution < -0.4 is 4.90 Å². The van der Waals surface area contributed by atoms with Crippen molar-refractivity contribution in [2.45, 2.75) is 4.90 Å². The summed E-state index contributed by atoms with van der Waals surface area (Å²) in [6.07, 6.45) is 3.46. The number of rotatable bonds is 3. The van der Waals surface area contributed by atoms with E-state index in [4.69, 9.17) is 0 Å². The van der Waals surface area contributed by atoms with Crippen molar-refractivity contribution in [3.05, 3.63) is 48.3 Å². The van der Waals surface area contributed by atoms with Gasteiger partial charge in [-0.3, -0.25) is 9.69 Å². The molecule has 3 heterocycles. The number of piperazine rings is 1. The van der Waals surface area contributed by atoms with Crippen molar-refractivity contribution in [3.8, 4) is 11.8 Å². The highest BCUT2D eigenvalue weighted by Crippen LogP contribution is 2.29. The van der Waals surface area contributed by atoms with Gasteiger partial charge in [0.15, 0.2) is 0 Å². The van der Waals surface area contributed by atoms with Crippen LogP contribution in [0.5, 0.6) is 0 Å². The molecule has 0 N–H and O–H groups in total. The number of amides is 1. The molecular formula is C19H19N5O3S. The Balaban J connectivity index is 1.32. The van der Waals surface area contributed by atoms with Crippen LogP contribution in [0.15, 0.2) is 47.6 Å². The standard InChI is InChI=1S/C19H19N5O3S/c25-18-16-6-1-2-7-17(16)28(26,27)24(18)11-4-3-10-22-12-14-23(15-13-22)19-20-8-5-9-21-19/h1-2,5-9H,10-15H2. The second-order valence-electron chi connectivity index (χ2n) is 6.48. The van der Waals surface area contributed by atoms with Crippen molar-refractivity contribution in [2.75, 3.05) is 44.2 Å². The van der Waals surface area contributed by atoms with Gasteiger partial charge in [0.1, 0.15) is 4.90 Å². The number of hydrogen-bond donors (Lipinski definition) is 0. The summed E-state index contributed by atoms with van der Waals surface area (Å²) in [5, 5.41) is 0. The number of benzene rings is 1. The molecule has 2 aromatic rings. The van der Waals surface area contributed by atoms with Gasteiger partial charge in [0, 0.05) is 38.6 Å². The molecule has 2 aliphatic heterocycles. The molecule has 144 valence electrons. The number of sulfonamides is 1. The maximum atomic E-state index is 12.5. The van der Waals surface area contributed by atoms with Crippen LogP contribution in [0.4, 0.5) is 5.95 Å². The summed E-state index contributed by atoms with van der Waals surface area (Å²) in [6, 6.07) is 8.03. The van der Waals surface area contributed by atoms with Gasteiger partial charge in [-0.25, -0.2) is 22.7 Å². The van der Waals surface area contributed by atoms with Crippen LogP contribution in [0.2, 0.25) is 0 Å². The smallest absolute Gasteiger partial charge is 0.269 e. The van der Waals surface area contributed by atoms with Crippen molar-refractivity contribution in [2.24, 2.45) is 0 Å². The second-order valence-corrected chi connectivity index (χ2v) is 8.31. The van der Waals surface area contributed by atoms with Gasteiger partial charge < -0.3 is 4.90 Å². The molecule has 0 spiro atoms. The molecule has 0 radical (unpaired) electrons. The van der Waals surface area contributed by atoms with E-state index >= 15 is 0 Å². The van der Waals surface area contributed by atoms with Gasteiger partial charge in [-0.1, -0.05) is 24.0 Å². The predicted molar refractivity (Wildman–Crippen MR) is 103 cm³/mol. The minimum absolute atomic E-state index is 0.0565. The van der Waals surface area contributed by atoms with Crippen molar-refractivity contribution in [1.29, 1.82) is 0 Å². The third-order valence-electron chi connectivity index (χ3n) is 4.77. The molecule has 8 nitrogen and oxygen atoms in total. The Hall–Kier alpha value is -2.96. The van der Waals surface area contributed by atoms with Gasteiger partial charge in [-0.2, -0.15) is 0 Å². The van der Waals surface area contributed by atoms with Crippen molar-refractivity contribution in [1.82, 2.24) is 19.2 Å². The normalized spacial score (nSPS) is 18.5. The SMILES string of the molecule is O=C1c2ccccc2S(=O)(=O)N1CC#CCN1CCN(c2ncccn2)CC1. The largest absolute Gasteiger partial charge is 0.338 e. The molecule has 1 amide bonds. The molecule has 0 saturated carbocycles. The van der Waals surface area contributed by atoms with Crippen LogP contribution >= 0.6 is 0 Å². The third-order valence-corrected chi connectivity index (χ3v) is 6.56. The topological polar surface area (TPSA) is 86.7 Å². The Morgan fingerprint density at radius 1 is 0.929 bits per heavy atom. The summed E-state index contributed by atoms with van der Waals surface area (Å²) < 4.78 is 25.8. The molecule has 0 atom stereocenters. The lowest BCUT2D eigenvalue weighted by atomic mass is 10.2. The van der Waals surface area contributed by atoms with E-state index in [1.54, 1.807) is 30.6 Å². The van der Waals surface area contributed by atoms with E-state index in [0.29, 0.717) is 6.54 Å². The van der Waals surface area contributed by atoms with Gasteiger partial charge in [-0.05, 0) is 18.2 Å². The van der Waals surface area contributed by atoms with E-state index in [1.165, 1.54) is 12.1 Å². The quantitative estimate of drug-likeness (QED) is 0.695. The Kier molecular flexibility index (Phi) is 4.98. The summed E-state index contributed by atoms with van der Waals surface area (Å²) in [5.41, 5.74) is 0.212. The molecule has 1 fully saturated rings. The number of nitrogens with zero attached hydrogens (tertiary/aromatic N) is 5. The lowest BCUT2D eigenvalue weighted by Crippen LogP contribution is -2.47. The van der Waals surface area contributed by atoms with Crippen molar-refractivity contribution < 1.29 is 13.2 Å². The fourth-order valence-electron chi connectivity index (χ4n) is 3.24. The van der Waals surface area contributed by atoms with Crippen LogP contribution in [-0.4, -0.2) is 72.8 Å². The number of hydrogen-bond acceptors (Lipinski definition) is 7. The molecule has 0 bridgehead atoms. The lowest BCUT2D eigenvalue weighted by molar-refractivity contribution is 0.0882. The molecule has 1 saturated heterocycles. The van der Waals surface area contributed by atoms with E-state index in [0.717, 1.165) is 36.4 Å². The second kappa shape index (κ2) is 7.58. The zero-order valence-electron chi connectivity index (χ0n) is 15.2. The molecule has 0 unspecified atom stereocenters. The van der Waals surface area contributed by atoms with E-state index < -0.39 is 15.9 Å². The van der Waals surface area contributed by atoms with Gasteiger partial charge in [0.05, 0.1) is 18.7 Å². The average Bonchev–Trinajstić information content (AvgIpc) is 2.93. The maximum absolute atomic E-state index is 12.5. The average molecular weight is 397 g/mol. The first kappa shape index (κ1) is 18.4. The Labute approximate surface area is 163 Å². The zero-order chi connectivity index (χ0) is 19.6. The van der Waals surface area contributed by atoms with E-state index in [-0.39, 0.29) is 17.0 Å². The number of carbonyl (C=O) groups is 1. The van der Waals surface area contributed by atoms with Gasteiger partial charge in [-0.15, -0.1) is 0 Å². The minimum atomic E-state index is -3.79. The van der Waals surface area contributed by atoms with E-state index in [1.807, 2.05) is 0 Å². The van der Waals surface area contributed by atoms with Crippen LogP contribution in [-0.2, 0) is 10.0 Å². The number of anilines is 1. The Morgan fingerprint density at radius 2 is 1.61 bits per heavy atom. The summed E-state index contributed by atoms with van der Waals surface area (Å²) in [5.74, 6) is 6.04. The highest BCUT2D eigenvalue weighted by Gasteiger charge is 2.40. The molecular weight excluding hydrogens is 378 g/mol. The first-order valence-electron chi connectivity index (χ1n) is 8.93. The molecule has 4 rings (SSSR count). The first-order valence-corrected chi connectivity index (χ1v) is 10.4. The van der Waals surface area contributed by atoms with Crippen LogP contribution in [0.3, 0.4) is 0 Å². The number of aromatic nitrogens is 2. The Bertz CT molecular complexity index is 1040. The summed E-state index contributed by atoms with van der Waals surface area (Å²) in [4.78, 5) is 25.2. The molecule has 9 heteroatoms. The third kappa shape index (κ3) is 3.44. The highest BCUT2D eigenvalue weighted by molar-refractivity contribution is 7.90. The fraction of sp³-hybridized carbons (Fsp3) is 0.316. The lowest BCUT2D eigenvalue weighted by Gasteiger charge is -2.33. The van der Waals surface area contributed by atoms with Gasteiger partial charge >= 0.3 is 0 Å². The summed E-state index contributed by atoms with van der Waals surface area (Å²) in [6.45, 7) is 3.64. The molecule has 1 aromatic carbocycles. The Morgan fingerprint density at radius 3 is 2.32 bits per heavy atom. The maximum Gasteiger partial charge on any atom is 0.269 e. The van der Waals surface area contributed by atoms with Crippen molar-refractivity contribution in [3.63, 3.8) is 0 Å².